The lowest BCUT2D eigenvalue weighted by Crippen LogP contribution is -2.09. The van der Waals surface area contributed by atoms with E-state index in [-0.39, 0.29) is 17.8 Å². The van der Waals surface area contributed by atoms with E-state index in [1.54, 1.807) is 6.07 Å². The molecule has 0 aliphatic carbocycles. The van der Waals surface area contributed by atoms with Crippen LogP contribution in [0.4, 0.5) is 0 Å². The van der Waals surface area contributed by atoms with E-state index in [9.17, 15) is 5.11 Å². The second-order valence-corrected chi connectivity index (χ2v) is 3.40. The molecule has 0 spiro atoms. The van der Waals surface area contributed by atoms with Crippen molar-refractivity contribution in [2.45, 2.75) is 25.9 Å². The fourth-order valence-electron chi connectivity index (χ4n) is 1.22. The Kier molecular flexibility index (Phi) is 2.90. The third-order valence-corrected chi connectivity index (χ3v) is 2.07. The first-order chi connectivity index (χ1) is 6.02. The maximum absolute atomic E-state index is 9.47. The van der Waals surface area contributed by atoms with Crippen LogP contribution in [0, 0.1) is 0 Å². The van der Waals surface area contributed by atoms with Gasteiger partial charge in [0.2, 0.25) is 0 Å². The molecule has 2 atom stereocenters. The van der Waals surface area contributed by atoms with Crippen LogP contribution in [-0.4, -0.2) is 5.11 Å². The summed E-state index contributed by atoms with van der Waals surface area (Å²) < 4.78 is 0. The van der Waals surface area contributed by atoms with Crippen LogP contribution < -0.4 is 11.5 Å². The Morgan fingerprint density at radius 3 is 2.23 bits per heavy atom. The minimum Gasteiger partial charge on any atom is -0.508 e. The molecular formula is C10H16N2O. The van der Waals surface area contributed by atoms with Gasteiger partial charge in [-0.3, -0.25) is 0 Å². The first kappa shape index (κ1) is 10.0. The molecule has 0 fully saturated rings. The highest BCUT2D eigenvalue weighted by molar-refractivity contribution is 5.38. The first-order valence-electron chi connectivity index (χ1n) is 4.36. The number of hydrogen-bond acceptors (Lipinski definition) is 3. The summed E-state index contributed by atoms with van der Waals surface area (Å²) in [6.45, 7) is 3.73. The summed E-state index contributed by atoms with van der Waals surface area (Å²) >= 11 is 0. The third kappa shape index (κ3) is 2.20. The molecule has 2 unspecified atom stereocenters. The number of phenolic OH excluding ortho intramolecular Hbond substituents is 1. The highest BCUT2D eigenvalue weighted by Gasteiger charge is 2.08. The lowest BCUT2D eigenvalue weighted by atomic mass is 10.0. The van der Waals surface area contributed by atoms with Gasteiger partial charge in [0.15, 0.2) is 0 Å². The molecule has 0 radical (unpaired) electrons. The third-order valence-electron chi connectivity index (χ3n) is 2.07. The van der Waals surface area contributed by atoms with Gasteiger partial charge in [0.05, 0.1) is 0 Å². The zero-order valence-corrected chi connectivity index (χ0v) is 7.99. The minimum atomic E-state index is -0.168. The molecule has 0 aliphatic heterocycles. The van der Waals surface area contributed by atoms with Gasteiger partial charge in [-0.1, -0.05) is 6.07 Å². The zero-order valence-electron chi connectivity index (χ0n) is 7.99. The van der Waals surface area contributed by atoms with E-state index in [1.165, 1.54) is 0 Å². The van der Waals surface area contributed by atoms with Crippen molar-refractivity contribution in [2.75, 3.05) is 0 Å². The summed E-state index contributed by atoms with van der Waals surface area (Å²) in [6, 6.07) is 5.10. The molecule has 1 aromatic carbocycles. The van der Waals surface area contributed by atoms with Gasteiger partial charge in [0.25, 0.3) is 0 Å². The van der Waals surface area contributed by atoms with Gasteiger partial charge in [-0.15, -0.1) is 0 Å². The molecule has 0 saturated carbocycles. The molecule has 0 bridgehead atoms. The number of benzene rings is 1. The van der Waals surface area contributed by atoms with E-state index in [0.29, 0.717) is 0 Å². The Bertz CT molecular complexity index is 295. The van der Waals surface area contributed by atoms with Gasteiger partial charge in [0.1, 0.15) is 5.75 Å². The number of phenols is 1. The SMILES string of the molecule is CC(N)c1ccc(O)c(C(C)N)c1. The van der Waals surface area contributed by atoms with Gasteiger partial charge in [-0.2, -0.15) is 0 Å². The van der Waals surface area contributed by atoms with Gasteiger partial charge in [-0.25, -0.2) is 0 Å². The van der Waals surface area contributed by atoms with E-state index in [0.717, 1.165) is 11.1 Å². The Labute approximate surface area is 78.4 Å². The zero-order chi connectivity index (χ0) is 10.0. The summed E-state index contributed by atoms with van der Waals surface area (Å²) in [5.41, 5.74) is 13.1. The van der Waals surface area contributed by atoms with Crippen molar-refractivity contribution in [3.8, 4) is 5.75 Å². The highest BCUT2D eigenvalue weighted by Crippen LogP contribution is 2.25. The van der Waals surface area contributed by atoms with Crippen LogP contribution in [0.2, 0.25) is 0 Å². The summed E-state index contributed by atoms with van der Waals surface area (Å²) in [5.74, 6) is 0.236. The first-order valence-corrected chi connectivity index (χ1v) is 4.36. The van der Waals surface area contributed by atoms with Gasteiger partial charge >= 0.3 is 0 Å². The van der Waals surface area contributed by atoms with Crippen LogP contribution in [0.1, 0.15) is 37.1 Å². The summed E-state index contributed by atoms with van der Waals surface area (Å²) in [6.07, 6.45) is 0. The Hall–Kier alpha value is -1.06. The van der Waals surface area contributed by atoms with E-state index >= 15 is 0 Å². The number of nitrogens with two attached hydrogens (primary N) is 2. The average molecular weight is 180 g/mol. The quantitative estimate of drug-likeness (QED) is 0.644. The largest absolute Gasteiger partial charge is 0.508 e. The van der Waals surface area contributed by atoms with Crippen molar-refractivity contribution in [2.24, 2.45) is 11.5 Å². The average Bonchev–Trinajstić information content (AvgIpc) is 2.04. The van der Waals surface area contributed by atoms with Crippen LogP contribution in [0.3, 0.4) is 0 Å². The minimum absolute atomic E-state index is 0.0295. The molecule has 0 aliphatic rings. The molecule has 3 heteroatoms. The normalized spacial score (nSPS) is 15.4. The van der Waals surface area contributed by atoms with E-state index < -0.39 is 0 Å². The van der Waals surface area contributed by atoms with Crippen LogP contribution >= 0.6 is 0 Å². The predicted molar refractivity (Wildman–Crippen MR) is 53.3 cm³/mol. The van der Waals surface area contributed by atoms with Gasteiger partial charge in [-0.05, 0) is 31.5 Å². The molecule has 1 aromatic rings. The van der Waals surface area contributed by atoms with Crippen LogP contribution in [0.25, 0.3) is 0 Å². The standard InChI is InChI=1S/C10H16N2O/c1-6(11)8-3-4-10(13)9(5-8)7(2)12/h3-7,13H,11-12H2,1-2H3. The van der Waals surface area contributed by atoms with Crippen LogP contribution in [-0.2, 0) is 0 Å². The van der Waals surface area contributed by atoms with E-state index in [1.807, 2.05) is 26.0 Å². The molecule has 5 N–H and O–H groups in total. The lowest BCUT2D eigenvalue weighted by Gasteiger charge is -2.12. The molecular weight excluding hydrogens is 164 g/mol. The van der Waals surface area contributed by atoms with Crippen molar-refractivity contribution in [3.63, 3.8) is 0 Å². The molecule has 1 rings (SSSR count). The van der Waals surface area contributed by atoms with Gasteiger partial charge in [0, 0.05) is 17.6 Å². The maximum atomic E-state index is 9.47. The fourth-order valence-corrected chi connectivity index (χ4v) is 1.22. The second kappa shape index (κ2) is 3.77. The molecule has 72 valence electrons. The second-order valence-electron chi connectivity index (χ2n) is 3.40. The summed E-state index contributed by atoms with van der Waals surface area (Å²) in [7, 11) is 0. The van der Waals surface area contributed by atoms with Crippen molar-refractivity contribution in [1.29, 1.82) is 0 Å². The van der Waals surface area contributed by atoms with E-state index in [4.69, 9.17) is 11.5 Å². The summed E-state index contributed by atoms with van der Waals surface area (Å²) in [4.78, 5) is 0. The molecule has 0 amide bonds. The Morgan fingerprint density at radius 1 is 1.15 bits per heavy atom. The smallest absolute Gasteiger partial charge is 0.120 e. The number of hydrogen-bond donors (Lipinski definition) is 3. The maximum Gasteiger partial charge on any atom is 0.120 e. The number of aromatic hydroxyl groups is 1. The van der Waals surface area contributed by atoms with Crippen LogP contribution in [0.5, 0.6) is 5.75 Å². The van der Waals surface area contributed by atoms with Crippen molar-refractivity contribution in [3.05, 3.63) is 29.3 Å². The molecule has 3 nitrogen and oxygen atoms in total. The van der Waals surface area contributed by atoms with Crippen molar-refractivity contribution < 1.29 is 5.11 Å². The molecule has 0 saturated heterocycles. The highest BCUT2D eigenvalue weighted by atomic mass is 16.3. The summed E-state index contributed by atoms with van der Waals surface area (Å²) in [5, 5.41) is 9.47. The lowest BCUT2D eigenvalue weighted by molar-refractivity contribution is 0.463. The van der Waals surface area contributed by atoms with Gasteiger partial charge < -0.3 is 16.6 Å². The molecule has 13 heavy (non-hydrogen) atoms. The van der Waals surface area contributed by atoms with Crippen molar-refractivity contribution >= 4 is 0 Å². The molecule has 0 heterocycles. The van der Waals surface area contributed by atoms with Crippen molar-refractivity contribution in [1.82, 2.24) is 0 Å². The predicted octanol–water partition coefficient (Wildman–Crippen LogP) is 1.43. The Morgan fingerprint density at radius 2 is 1.77 bits per heavy atom. The molecule has 0 aromatic heterocycles. The monoisotopic (exact) mass is 180 g/mol. The Balaban J connectivity index is 3.11. The van der Waals surface area contributed by atoms with Crippen LogP contribution in [0.15, 0.2) is 18.2 Å². The number of rotatable bonds is 2. The topological polar surface area (TPSA) is 72.3 Å². The fraction of sp³-hybridized carbons (Fsp3) is 0.400. The van der Waals surface area contributed by atoms with E-state index in [2.05, 4.69) is 0 Å².